The van der Waals surface area contributed by atoms with Gasteiger partial charge in [-0.3, -0.25) is 0 Å². The number of rotatable bonds is 4. The van der Waals surface area contributed by atoms with Crippen molar-refractivity contribution in [2.24, 2.45) is 0 Å². The van der Waals surface area contributed by atoms with Crippen LogP contribution in [0.1, 0.15) is 53.7 Å². The lowest BCUT2D eigenvalue weighted by Gasteiger charge is -2.24. The van der Waals surface area contributed by atoms with Crippen molar-refractivity contribution in [2.45, 2.75) is 46.7 Å². The van der Waals surface area contributed by atoms with E-state index in [1.807, 2.05) is 6.07 Å². The molecule has 2 atom stereocenters. The zero-order valence-corrected chi connectivity index (χ0v) is 13.5. The average molecular weight is 285 g/mol. The van der Waals surface area contributed by atoms with Gasteiger partial charge in [0.05, 0.1) is 0 Å². The zero-order chi connectivity index (χ0) is 15.6. The van der Waals surface area contributed by atoms with Crippen LogP contribution < -0.4 is 5.32 Å². The second-order valence-corrected chi connectivity index (χ2v) is 5.98. The summed E-state index contributed by atoms with van der Waals surface area (Å²) in [5.41, 5.74) is 6.21. The van der Waals surface area contributed by atoms with Gasteiger partial charge in [-0.15, -0.1) is 0 Å². The quantitative estimate of drug-likeness (QED) is 0.818. The predicted octanol–water partition coefficient (Wildman–Crippen LogP) is 5.16. The van der Waals surface area contributed by atoms with E-state index in [0.717, 1.165) is 5.56 Å². The Hall–Kier alpha value is -1.67. The first kappa shape index (κ1) is 15.7. The number of hydrogen-bond donors (Lipinski definition) is 1. The largest absolute Gasteiger partial charge is 0.304 e. The Bertz CT molecular complexity index is 610. The molecule has 0 saturated heterocycles. The third kappa shape index (κ3) is 3.70. The molecule has 0 heterocycles. The predicted molar refractivity (Wildman–Crippen MR) is 87.0 cm³/mol. The van der Waals surface area contributed by atoms with Gasteiger partial charge in [0.1, 0.15) is 5.82 Å². The Labute approximate surface area is 127 Å². The monoisotopic (exact) mass is 285 g/mol. The average Bonchev–Trinajstić information content (AvgIpc) is 2.37. The lowest BCUT2D eigenvalue weighted by molar-refractivity contribution is 0.489. The molecule has 112 valence electrons. The van der Waals surface area contributed by atoms with Gasteiger partial charge in [0.15, 0.2) is 0 Å². The Balaban J connectivity index is 2.20. The summed E-state index contributed by atoms with van der Waals surface area (Å²) in [7, 11) is 0. The van der Waals surface area contributed by atoms with Crippen LogP contribution in [0.3, 0.4) is 0 Å². The van der Waals surface area contributed by atoms with Gasteiger partial charge in [-0.1, -0.05) is 29.8 Å². The summed E-state index contributed by atoms with van der Waals surface area (Å²) in [5, 5.41) is 3.57. The van der Waals surface area contributed by atoms with E-state index in [0.29, 0.717) is 0 Å². The van der Waals surface area contributed by atoms with Crippen LogP contribution in [0.4, 0.5) is 4.39 Å². The van der Waals surface area contributed by atoms with Crippen LogP contribution in [0.25, 0.3) is 0 Å². The second-order valence-electron chi connectivity index (χ2n) is 5.98. The molecule has 0 aromatic heterocycles. The first-order valence-electron chi connectivity index (χ1n) is 7.47. The first-order valence-corrected chi connectivity index (χ1v) is 7.47. The normalized spacial score (nSPS) is 14.0. The van der Waals surface area contributed by atoms with E-state index >= 15 is 0 Å². The molecule has 1 unspecified atom stereocenters. The molecular formula is C19H24FN. The standard InChI is InChI=1S/C19H24FN/c1-12-9-13(2)19(14(3)10-12)16(5)21-15(4)17-7-6-8-18(20)11-17/h6-11,15-16,21H,1-5H3/t15-,16?/m1/s1. The molecule has 0 saturated carbocycles. The molecule has 2 rings (SSSR count). The summed E-state index contributed by atoms with van der Waals surface area (Å²) >= 11 is 0. The third-order valence-corrected chi connectivity index (χ3v) is 4.02. The maximum atomic E-state index is 13.3. The fraction of sp³-hybridized carbons (Fsp3) is 0.368. The van der Waals surface area contributed by atoms with Gasteiger partial charge in [-0.25, -0.2) is 4.39 Å². The van der Waals surface area contributed by atoms with Crippen molar-refractivity contribution < 1.29 is 4.39 Å². The van der Waals surface area contributed by atoms with Gasteiger partial charge in [0, 0.05) is 12.1 Å². The van der Waals surface area contributed by atoms with Crippen LogP contribution in [0.5, 0.6) is 0 Å². The highest BCUT2D eigenvalue weighted by Gasteiger charge is 2.15. The third-order valence-electron chi connectivity index (χ3n) is 4.02. The van der Waals surface area contributed by atoms with Crippen molar-refractivity contribution in [3.63, 3.8) is 0 Å². The minimum absolute atomic E-state index is 0.107. The van der Waals surface area contributed by atoms with Crippen LogP contribution in [0.15, 0.2) is 36.4 Å². The molecule has 1 nitrogen and oxygen atoms in total. The molecular weight excluding hydrogens is 261 g/mol. The Morgan fingerprint density at radius 1 is 0.905 bits per heavy atom. The first-order chi connectivity index (χ1) is 9.88. The maximum absolute atomic E-state index is 13.3. The van der Waals surface area contributed by atoms with Gasteiger partial charge < -0.3 is 5.32 Å². The van der Waals surface area contributed by atoms with Crippen molar-refractivity contribution >= 4 is 0 Å². The summed E-state index contributed by atoms with van der Waals surface area (Å²) < 4.78 is 13.3. The van der Waals surface area contributed by atoms with Crippen molar-refractivity contribution in [1.82, 2.24) is 5.32 Å². The van der Waals surface area contributed by atoms with E-state index in [1.165, 1.54) is 28.3 Å². The SMILES string of the molecule is Cc1cc(C)c(C(C)N[C@H](C)c2cccc(F)c2)c(C)c1. The van der Waals surface area contributed by atoms with Crippen LogP contribution >= 0.6 is 0 Å². The molecule has 2 aromatic rings. The minimum Gasteiger partial charge on any atom is -0.304 e. The van der Waals surface area contributed by atoms with Gasteiger partial charge in [-0.05, 0) is 69.0 Å². The molecule has 0 aliphatic heterocycles. The summed E-state index contributed by atoms with van der Waals surface area (Å²) in [5.74, 6) is -0.184. The van der Waals surface area contributed by atoms with E-state index < -0.39 is 0 Å². The number of hydrogen-bond acceptors (Lipinski definition) is 1. The summed E-state index contributed by atoms with van der Waals surface area (Å²) in [4.78, 5) is 0. The molecule has 1 N–H and O–H groups in total. The van der Waals surface area contributed by atoms with Crippen LogP contribution in [0, 0.1) is 26.6 Å². The zero-order valence-electron chi connectivity index (χ0n) is 13.5. The topological polar surface area (TPSA) is 12.0 Å². The number of benzene rings is 2. The Morgan fingerprint density at radius 3 is 2.10 bits per heavy atom. The summed E-state index contributed by atoms with van der Waals surface area (Å²) in [6.45, 7) is 10.7. The smallest absolute Gasteiger partial charge is 0.123 e. The second kappa shape index (κ2) is 6.40. The fourth-order valence-electron chi connectivity index (χ4n) is 3.20. The van der Waals surface area contributed by atoms with Crippen molar-refractivity contribution in [2.75, 3.05) is 0 Å². The van der Waals surface area contributed by atoms with E-state index in [-0.39, 0.29) is 17.9 Å². The molecule has 0 fully saturated rings. The van der Waals surface area contributed by atoms with E-state index in [4.69, 9.17) is 0 Å². The fourth-order valence-corrected chi connectivity index (χ4v) is 3.20. The highest BCUT2D eigenvalue weighted by molar-refractivity contribution is 5.39. The van der Waals surface area contributed by atoms with Gasteiger partial charge in [-0.2, -0.15) is 0 Å². The van der Waals surface area contributed by atoms with E-state index in [1.54, 1.807) is 12.1 Å². The Morgan fingerprint density at radius 2 is 1.52 bits per heavy atom. The molecule has 0 aliphatic carbocycles. The van der Waals surface area contributed by atoms with Gasteiger partial charge >= 0.3 is 0 Å². The van der Waals surface area contributed by atoms with Crippen molar-refractivity contribution in [3.05, 3.63) is 70.0 Å². The highest BCUT2D eigenvalue weighted by atomic mass is 19.1. The molecule has 2 heteroatoms. The van der Waals surface area contributed by atoms with Gasteiger partial charge in [0.25, 0.3) is 0 Å². The van der Waals surface area contributed by atoms with E-state index in [2.05, 4.69) is 52.1 Å². The molecule has 0 aliphatic rings. The number of aryl methyl sites for hydroxylation is 3. The van der Waals surface area contributed by atoms with Crippen LogP contribution in [0.2, 0.25) is 0 Å². The molecule has 0 amide bonds. The summed E-state index contributed by atoms with van der Waals surface area (Å²) in [6, 6.07) is 11.6. The Kier molecular flexibility index (Phi) is 4.79. The minimum atomic E-state index is -0.184. The molecule has 2 aromatic carbocycles. The van der Waals surface area contributed by atoms with E-state index in [9.17, 15) is 4.39 Å². The molecule has 21 heavy (non-hydrogen) atoms. The number of nitrogens with one attached hydrogen (secondary N) is 1. The lowest BCUT2D eigenvalue weighted by Crippen LogP contribution is -2.24. The van der Waals surface area contributed by atoms with Crippen LogP contribution in [-0.2, 0) is 0 Å². The highest BCUT2D eigenvalue weighted by Crippen LogP contribution is 2.26. The van der Waals surface area contributed by atoms with Crippen molar-refractivity contribution in [1.29, 1.82) is 0 Å². The van der Waals surface area contributed by atoms with Crippen molar-refractivity contribution in [3.8, 4) is 0 Å². The summed E-state index contributed by atoms with van der Waals surface area (Å²) in [6.07, 6.45) is 0. The number of halogens is 1. The van der Waals surface area contributed by atoms with Crippen LogP contribution in [-0.4, -0.2) is 0 Å². The molecule has 0 bridgehead atoms. The molecule has 0 radical (unpaired) electrons. The lowest BCUT2D eigenvalue weighted by atomic mass is 9.94. The molecule has 0 spiro atoms. The van der Waals surface area contributed by atoms with Gasteiger partial charge in [0.2, 0.25) is 0 Å². The maximum Gasteiger partial charge on any atom is 0.123 e.